The van der Waals surface area contributed by atoms with Crippen LogP contribution in [0.4, 0.5) is 11.4 Å². The van der Waals surface area contributed by atoms with Crippen LogP contribution in [-0.4, -0.2) is 19.4 Å². The molecule has 2 aromatic rings. The van der Waals surface area contributed by atoms with Gasteiger partial charge < -0.3 is 10.4 Å². The van der Waals surface area contributed by atoms with Gasteiger partial charge in [-0.2, -0.15) is 15.3 Å². The largest absolute Gasteiger partial charge is 0.595 e. The van der Waals surface area contributed by atoms with Gasteiger partial charge in [0.05, 0.1) is 13.5 Å². The van der Waals surface area contributed by atoms with Gasteiger partial charge in [0.2, 0.25) is 0 Å². The first-order valence-corrected chi connectivity index (χ1v) is 9.97. The second-order valence-corrected chi connectivity index (χ2v) is 8.93. The summed E-state index contributed by atoms with van der Waals surface area (Å²) in [5.41, 5.74) is 1.08. The number of hydrogen-bond acceptors (Lipinski definition) is 5. The van der Waals surface area contributed by atoms with E-state index in [1.54, 1.807) is 24.3 Å². The summed E-state index contributed by atoms with van der Waals surface area (Å²) < 4.78 is 0. The highest BCUT2D eigenvalue weighted by Gasteiger charge is 2.57. The van der Waals surface area contributed by atoms with Crippen molar-refractivity contribution in [3.05, 3.63) is 74.4 Å². The molecule has 0 aliphatic heterocycles. The molecular formula is C23H29N4O4+. The van der Waals surface area contributed by atoms with E-state index < -0.39 is 27.1 Å². The molecule has 3 unspecified atom stereocenters. The Morgan fingerprint density at radius 3 is 2.19 bits per heavy atom. The van der Waals surface area contributed by atoms with Crippen LogP contribution in [0, 0.1) is 17.0 Å². The lowest BCUT2D eigenvalue weighted by Crippen LogP contribution is -3.02. The number of fused-ring (bicyclic) bond motifs is 1. The molecule has 164 valence electrons. The molecule has 2 aromatic carbocycles. The minimum atomic E-state index is -0.889. The lowest BCUT2D eigenvalue weighted by atomic mass is 9.83. The van der Waals surface area contributed by atoms with Gasteiger partial charge in [-0.15, -0.1) is 0 Å². The van der Waals surface area contributed by atoms with Crippen molar-refractivity contribution < 1.29 is 20.1 Å². The molecule has 8 nitrogen and oxygen atoms in total. The molecule has 0 saturated carbocycles. The first kappa shape index (κ1) is 23.0. The van der Waals surface area contributed by atoms with Crippen molar-refractivity contribution in [2.24, 2.45) is 4.99 Å². The molecule has 0 saturated heterocycles. The summed E-state index contributed by atoms with van der Waals surface area (Å²) in [5.74, 6) is 0. The summed E-state index contributed by atoms with van der Waals surface area (Å²) in [6.45, 7) is 17.1. The molecule has 4 atom stereocenters. The van der Waals surface area contributed by atoms with Crippen molar-refractivity contribution in [1.29, 1.82) is 0 Å². The molecule has 0 radical (unpaired) electrons. The van der Waals surface area contributed by atoms with Crippen LogP contribution < -0.4 is 10.5 Å². The first-order valence-electron chi connectivity index (χ1n) is 9.97. The Kier molecular flexibility index (Phi) is 6.04. The highest BCUT2D eigenvalue weighted by molar-refractivity contribution is 5.58. The zero-order valence-electron chi connectivity index (χ0n) is 18.6. The average molecular weight is 426 g/mol. The third-order valence-corrected chi connectivity index (χ3v) is 5.62. The topological polar surface area (TPSA) is 90.2 Å². The van der Waals surface area contributed by atoms with Crippen molar-refractivity contribution in [1.82, 2.24) is 0 Å². The standard InChI is InChI=1S/C23H29N4O4/c1-21(2,3)31-27(29)18-12-13-19-20(14-18)23(25-6,15-22(19,4)24-5)16-8-10-17(11-9-16)26(28)30-7/h5,8-14,26-27H,6,15H2,1-4,7H3/q+1/t22-,23?/m1/s1. The van der Waals surface area contributed by atoms with Crippen LogP contribution in [0.25, 0.3) is 4.85 Å². The molecule has 0 bridgehead atoms. The van der Waals surface area contributed by atoms with Gasteiger partial charge in [0, 0.05) is 42.3 Å². The SMILES string of the molecule is C#[N+][C@]1(C)CC(N=C)(c2ccc([NH+]([O-])OC)cc2)c2cc([NH+]([O-])OC(C)(C)C)ccc21. The Hall–Kier alpha value is -2.64. The maximum atomic E-state index is 12.7. The third-order valence-electron chi connectivity index (χ3n) is 5.62. The lowest BCUT2D eigenvalue weighted by Gasteiger charge is -2.29. The monoisotopic (exact) mass is 425 g/mol. The fourth-order valence-electron chi connectivity index (χ4n) is 4.11. The predicted octanol–water partition coefficient (Wildman–Crippen LogP) is 2.53. The summed E-state index contributed by atoms with van der Waals surface area (Å²) >= 11 is 0. The summed E-state index contributed by atoms with van der Waals surface area (Å²) in [7, 11) is 1.34. The molecule has 3 rings (SSSR count). The Labute approximate surface area is 182 Å². The Morgan fingerprint density at radius 1 is 1.06 bits per heavy atom. The van der Waals surface area contributed by atoms with Gasteiger partial charge in [0.1, 0.15) is 11.1 Å². The molecule has 0 amide bonds. The zero-order chi connectivity index (χ0) is 23.0. The van der Waals surface area contributed by atoms with Gasteiger partial charge in [-0.3, -0.25) is 4.99 Å². The van der Waals surface area contributed by atoms with Gasteiger partial charge in [-0.05, 0) is 39.1 Å². The van der Waals surface area contributed by atoms with E-state index in [0.29, 0.717) is 17.8 Å². The highest BCUT2D eigenvalue weighted by Crippen LogP contribution is 2.54. The van der Waals surface area contributed by atoms with Crippen LogP contribution >= 0.6 is 0 Å². The van der Waals surface area contributed by atoms with E-state index in [9.17, 15) is 10.4 Å². The van der Waals surface area contributed by atoms with Crippen LogP contribution in [0.5, 0.6) is 0 Å². The minimum Gasteiger partial charge on any atom is -0.595 e. The fraction of sp³-hybridized carbons (Fsp3) is 0.391. The van der Waals surface area contributed by atoms with Gasteiger partial charge in [-0.1, -0.05) is 17.0 Å². The van der Waals surface area contributed by atoms with Crippen molar-refractivity contribution in [2.45, 2.75) is 50.8 Å². The van der Waals surface area contributed by atoms with E-state index in [2.05, 4.69) is 16.6 Å². The molecule has 0 heterocycles. The van der Waals surface area contributed by atoms with Gasteiger partial charge in [-0.25, -0.2) is 4.84 Å². The van der Waals surface area contributed by atoms with Crippen LogP contribution in [0.3, 0.4) is 0 Å². The molecular weight excluding hydrogens is 396 g/mol. The van der Waals surface area contributed by atoms with Crippen LogP contribution in [-0.2, 0) is 20.8 Å². The number of nitrogens with one attached hydrogen (secondary N) is 2. The number of aliphatic imine (C=N–C) groups is 1. The van der Waals surface area contributed by atoms with Crippen molar-refractivity contribution in [2.75, 3.05) is 7.11 Å². The Bertz CT molecular complexity index is 1010. The van der Waals surface area contributed by atoms with E-state index in [1.165, 1.54) is 7.11 Å². The van der Waals surface area contributed by atoms with E-state index in [4.69, 9.17) is 16.2 Å². The van der Waals surface area contributed by atoms with Crippen LogP contribution in [0.2, 0.25) is 0 Å². The average Bonchev–Trinajstić information content (AvgIpc) is 3.01. The maximum absolute atomic E-state index is 12.7. The first-order chi connectivity index (χ1) is 14.5. The van der Waals surface area contributed by atoms with Crippen LogP contribution in [0.1, 0.15) is 50.8 Å². The number of rotatable bonds is 6. The number of nitrogens with zero attached hydrogens (tertiary/aromatic N) is 2. The third kappa shape index (κ3) is 4.12. The van der Waals surface area contributed by atoms with Gasteiger partial charge in [0.15, 0.2) is 11.4 Å². The van der Waals surface area contributed by atoms with Crippen molar-refractivity contribution in [3.8, 4) is 6.57 Å². The second-order valence-electron chi connectivity index (χ2n) is 8.93. The molecule has 31 heavy (non-hydrogen) atoms. The minimum absolute atomic E-state index is 0.411. The smallest absolute Gasteiger partial charge is 0.306 e. The van der Waals surface area contributed by atoms with Gasteiger partial charge in [0.25, 0.3) is 6.57 Å². The van der Waals surface area contributed by atoms with Crippen molar-refractivity contribution in [3.63, 3.8) is 0 Å². The number of quaternary nitrogens is 2. The molecule has 0 spiro atoms. The highest BCUT2D eigenvalue weighted by atomic mass is 16.9. The molecule has 0 aromatic heterocycles. The Balaban J connectivity index is 2.15. The lowest BCUT2D eigenvalue weighted by molar-refractivity contribution is -1.01. The maximum Gasteiger partial charge on any atom is 0.306 e. The number of hydrogen-bond donors (Lipinski definition) is 2. The second kappa shape index (κ2) is 8.13. The fourth-order valence-corrected chi connectivity index (χ4v) is 4.11. The van der Waals surface area contributed by atoms with E-state index in [1.807, 2.05) is 45.9 Å². The summed E-state index contributed by atoms with van der Waals surface area (Å²) in [6, 6.07) is 12.3. The van der Waals surface area contributed by atoms with E-state index >= 15 is 0 Å². The van der Waals surface area contributed by atoms with Gasteiger partial charge >= 0.3 is 5.54 Å². The normalized spacial score (nSPS) is 24.8. The summed E-state index contributed by atoms with van der Waals surface area (Å²) in [6.07, 6.45) is 0.435. The molecule has 1 aliphatic rings. The predicted molar refractivity (Wildman–Crippen MR) is 119 cm³/mol. The molecule has 1 aliphatic carbocycles. The van der Waals surface area contributed by atoms with Crippen molar-refractivity contribution >= 4 is 18.1 Å². The zero-order valence-corrected chi connectivity index (χ0v) is 18.6. The van der Waals surface area contributed by atoms with Crippen LogP contribution in [0.15, 0.2) is 47.5 Å². The summed E-state index contributed by atoms with van der Waals surface area (Å²) in [4.78, 5) is 19.0. The van der Waals surface area contributed by atoms with E-state index in [-0.39, 0.29) is 0 Å². The van der Waals surface area contributed by atoms with E-state index in [0.717, 1.165) is 16.7 Å². The number of benzene rings is 2. The molecule has 2 N–H and O–H groups in total. The quantitative estimate of drug-likeness (QED) is 0.550. The summed E-state index contributed by atoms with van der Waals surface area (Å²) in [5, 5.41) is 23.7. The molecule has 8 heteroatoms. The Morgan fingerprint density at radius 2 is 1.68 bits per heavy atom. The molecule has 0 fully saturated rings.